The van der Waals surface area contributed by atoms with Gasteiger partial charge in [-0.05, 0) is 23.8 Å². The van der Waals surface area contributed by atoms with Gasteiger partial charge in [0.05, 0.1) is 0 Å². The van der Waals surface area contributed by atoms with Crippen LogP contribution in [0.15, 0.2) is 30.3 Å². The van der Waals surface area contributed by atoms with Crippen LogP contribution in [0.5, 0.6) is 5.75 Å². The van der Waals surface area contributed by atoms with Crippen molar-refractivity contribution < 1.29 is 9.90 Å². The Balaban J connectivity index is 2.69. The number of likely N-dealkylation sites (N-methyl/N-ethyl adjacent to an activating group) is 1. The minimum atomic E-state index is -0.145. The highest BCUT2D eigenvalue weighted by Crippen LogP contribution is 2.10. The number of amides is 1. The highest BCUT2D eigenvalue weighted by molar-refractivity contribution is 5.91. The van der Waals surface area contributed by atoms with Gasteiger partial charge in [0.2, 0.25) is 5.91 Å². The van der Waals surface area contributed by atoms with Gasteiger partial charge in [-0.3, -0.25) is 4.79 Å². The van der Waals surface area contributed by atoms with Gasteiger partial charge in [-0.15, -0.1) is 0 Å². The van der Waals surface area contributed by atoms with Crippen molar-refractivity contribution in [2.45, 2.75) is 0 Å². The molecule has 0 aliphatic carbocycles. The number of aromatic hydroxyl groups is 1. The summed E-state index contributed by atoms with van der Waals surface area (Å²) in [6.45, 7) is 0. The van der Waals surface area contributed by atoms with E-state index in [2.05, 4.69) is 5.32 Å². The van der Waals surface area contributed by atoms with E-state index < -0.39 is 0 Å². The zero-order valence-corrected chi connectivity index (χ0v) is 7.32. The number of nitrogens with one attached hydrogen (secondary N) is 1. The predicted molar refractivity (Wildman–Crippen MR) is 51.2 cm³/mol. The lowest BCUT2D eigenvalue weighted by Crippen LogP contribution is -2.13. The first-order valence-electron chi connectivity index (χ1n) is 3.91. The van der Waals surface area contributed by atoms with Crippen molar-refractivity contribution in [3.8, 4) is 5.75 Å². The summed E-state index contributed by atoms with van der Waals surface area (Å²) in [5, 5.41) is 11.4. The molecule has 1 amide bonds. The van der Waals surface area contributed by atoms with Crippen LogP contribution in [-0.2, 0) is 4.79 Å². The third kappa shape index (κ3) is 2.99. The average molecular weight is 177 g/mol. The number of hydrogen-bond donors (Lipinski definition) is 2. The molecule has 1 rings (SSSR count). The molecule has 0 heterocycles. The van der Waals surface area contributed by atoms with Crippen molar-refractivity contribution in [3.05, 3.63) is 35.9 Å². The summed E-state index contributed by atoms with van der Waals surface area (Å²) in [4.78, 5) is 10.8. The Morgan fingerprint density at radius 2 is 2.00 bits per heavy atom. The van der Waals surface area contributed by atoms with Gasteiger partial charge in [0.15, 0.2) is 0 Å². The second kappa shape index (κ2) is 4.30. The molecule has 0 spiro atoms. The summed E-state index contributed by atoms with van der Waals surface area (Å²) in [5.41, 5.74) is 0.876. The first-order chi connectivity index (χ1) is 6.22. The van der Waals surface area contributed by atoms with Crippen molar-refractivity contribution in [2.75, 3.05) is 7.05 Å². The topological polar surface area (TPSA) is 49.3 Å². The molecule has 0 atom stereocenters. The standard InChI is InChI=1S/C10H11NO2/c1-11-10(13)7-4-8-2-5-9(12)6-3-8/h2-7,12H,1H3,(H,11,13)/b7-4+. The normalized spacial score (nSPS) is 10.2. The Hall–Kier alpha value is -1.77. The summed E-state index contributed by atoms with van der Waals surface area (Å²) in [6.07, 6.45) is 3.12. The molecule has 3 nitrogen and oxygen atoms in total. The van der Waals surface area contributed by atoms with Crippen molar-refractivity contribution in [1.29, 1.82) is 0 Å². The van der Waals surface area contributed by atoms with Gasteiger partial charge in [0.25, 0.3) is 0 Å². The Kier molecular flexibility index (Phi) is 3.09. The van der Waals surface area contributed by atoms with Crippen molar-refractivity contribution in [1.82, 2.24) is 5.32 Å². The van der Waals surface area contributed by atoms with E-state index in [1.54, 1.807) is 37.4 Å². The molecule has 0 aromatic heterocycles. The summed E-state index contributed by atoms with van der Waals surface area (Å²) < 4.78 is 0. The van der Waals surface area contributed by atoms with E-state index in [1.807, 2.05) is 0 Å². The van der Waals surface area contributed by atoms with Crippen LogP contribution in [0.1, 0.15) is 5.56 Å². The molecule has 3 heteroatoms. The molecule has 1 aromatic rings. The van der Waals surface area contributed by atoms with Crippen LogP contribution in [0.3, 0.4) is 0 Å². The van der Waals surface area contributed by atoms with Crippen LogP contribution in [0.25, 0.3) is 6.08 Å². The minimum Gasteiger partial charge on any atom is -0.508 e. The maximum absolute atomic E-state index is 10.8. The van der Waals surface area contributed by atoms with Gasteiger partial charge in [-0.2, -0.15) is 0 Å². The van der Waals surface area contributed by atoms with E-state index in [1.165, 1.54) is 6.08 Å². The lowest BCUT2D eigenvalue weighted by Gasteiger charge is -1.93. The molecule has 0 unspecified atom stereocenters. The fraction of sp³-hybridized carbons (Fsp3) is 0.100. The molecular weight excluding hydrogens is 166 g/mol. The molecule has 13 heavy (non-hydrogen) atoms. The van der Waals surface area contributed by atoms with Gasteiger partial charge in [0.1, 0.15) is 5.75 Å². The SMILES string of the molecule is CNC(=O)/C=C/c1ccc(O)cc1. The van der Waals surface area contributed by atoms with Crippen molar-refractivity contribution >= 4 is 12.0 Å². The summed E-state index contributed by atoms with van der Waals surface area (Å²) in [6, 6.07) is 6.61. The number of rotatable bonds is 2. The Labute approximate surface area is 76.7 Å². The first kappa shape index (κ1) is 9.32. The Morgan fingerprint density at radius 1 is 1.38 bits per heavy atom. The van der Waals surface area contributed by atoms with Gasteiger partial charge >= 0.3 is 0 Å². The molecule has 0 bridgehead atoms. The number of carbonyl (C=O) groups is 1. The van der Waals surface area contributed by atoms with Crippen LogP contribution in [-0.4, -0.2) is 18.1 Å². The van der Waals surface area contributed by atoms with Crippen LogP contribution >= 0.6 is 0 Å². The Morgan fingerprint density at radius 3 is 2.54 bits per heavy atom. The molecule has 0 saturated heterocycles. The molecule has 0 aliphatic rings. The van der Waals surface area contributed by atoms with E-state index >= 15 is 0 Å². The summed E-state index contributed by atoms with van der Waals surface area (Å²) in [5.74, 6) is 0.0742. The predicted octanol–water partition coefficient (Wildman–Crippen LogP) is 1.15. The largest absolute Gasteiger partial charge is 0.508 e. The van der Waals surface area contributed by atoms with E-state index in [9.17, 15) is 4.79 Å². The molecule has 1 aromatic carbocycles. The number of phenols is 1. The highest BCUT2D eigenvalue weighted by Gasteiger charge is 1.90. The molecule has 0 fully saturated rings. The first-order valence-corrected chi connectivity index (χ1v) is 3.91. The smallest absolute Gasteiger partial charge is 0.243 e. The minimum absolute atomic E-state index is 0.145. The van der Waals surface area contributed by atoms with Crippen LogP contribution < -0.4 is 5.32 Å². The van der Waals surface area contributed by atoms with Gasteiger partial charge < -0.3 is 10.4 Å². The second-order valence-corrected chi connectivity index (χ2v) is 2.54. The van der Waals surface area contributed by atoms with E-state index in [0.717, 1.165) is 5.56 Å². The summed E-state index contributed by atoms with van der Waals surface area (Å²) in [7, 11) is 1.57. The van der Waals surface area contributed by atoms with Gasteiger partial charge in [0, 0.05) is 13.1 Å². The van der Waals surface area contributed by atoms with Crippen molar-refractivity contribution in [3.63, 3.8) is 0 Å². The van der Waals surface area contributed by atoms with E-state index in [-0.39, 0.29) is 11.7 Å². The fourth-order valence-electron chi connectivity index (χ4n) is 0.841. The highest BCUT2D eigenvalue weighted by atomic mass is 16.3. The number of carbonyl (C=O) groups excluding carboxylic acids is 1. The van der Waals surface area contributed by atoms with Crippen LogP contribution in [0, 0.1) is 0 Å². The lowest BCUT2D eigenvalue weighted by molar-refractivity contribution is -0.115. The molecule has 0 radical (unpaired) electrons. The molecular formula is C10H11NO2. The van der Waals surface area contributed by atoms with Gasteiger partial charge in [-0.1, -0.05) is 12.1 Å². The van der Waals surface area contributed by atoms with E-state index in [4.69, 9.17) is 5.11 Å². The fourth-order valence-corrected chi connectivity index (χ4v) is 0.841. The Bertz CT molecular complexity index is 314. The quantitative estimate of drug-likeness (QED) is 0.666. The average Bonchev–Trinajstić information content (AvgIpc) is 2.16. The maximum atomic E-state index is 10.8. The summed E-state index contributed by atoms with van der Waals surface area (Å²) >= 11 is 0. The van der Waals surface area contributed by atoms with E-state index in [0.29, 0.717) is 0 Å². The number of benzene rings is 1. The maximum Gasteiger partial charge on any atom is 0.243 e. The van der Waals surface area contributed by atoms with Crippen LogP contribution in [0.2, 0.25) is 0 Å². The van der Waals surface area contributed by atoms with Crippen molar-refractivity contribution in [2.24, 2.45) is 0 Å². The number of hydrogen-bond acceptors (Lipinski definition) is 2. The molecule has 0 aliphatic heterocycles. The second-order valence-electron chi connectivity index (χ2n) is 2.54. The number of phenolic OH excluding ortho intramolecular Hbond substituents is 1. The van der Waals surface area contributed by atoms with Gasteiger partial charge in [-0.25, -0.2) is 0 Å². The monoisotopic (exact) mass is 177 g/mol. The zero-order valence-electron chi connectivity index (χ0n) is 7.32. The third-order valence-electron chi connectivity index (χ3n) is 1.57. The molecule has 68 valence electrons. The molecule has 2 N–H and O–H groups in total. The third-order valence-corrected chi connectivity index (χ3v) is 1.57. The zero-order chi connectivity index (χ0) is 9.68. The molecule has 0 saturated carbocycles. The van der Waals surface area contributed by atoms with Crippen LogP contribution in [0.4, 0.5) is 0 Å². The lowest BCUT2D eigenvalue weighted by atomic mass is 10.2.